The molecule has 1 aromatic carbocycles. The second-order valence-corrected chi connectivity index (χ2v) is 5.76. The van der Waals surface area contributed by atoms with Gasteiger partial charge in [0, 0.05) is 16.7 Å². The Bertz CT molecular complexity index is 392. The van der Waals surface area contributed by atoms with E-state index in [2.05, 4.69) is 25.7 Å². The van der Waals surface area contributed by atoms with Crippen LogP contribution in [0.15, 0.2) is 41.3 Å². The van der Waals surface area contributed by atoms with Crippen molar-refractivity contribution in [2.24, 2.45) is 0 Å². The molecule has 0 amide bonds. The van der Waals surface area contributed by atoms with E-state index in [1.165, 1.54) is 11.6 Å². The fraction of sp³-hybridized carbons (Fsp3) is 0.500. The molecule has 0 aromatic heterocycles. The van der Waals surface area contributed by atoms with Crippen molar-refractivity contribution >= 4 is 11.8 Å². The first kappa shape index (κ1) is 16.3. The van der Waals surface area contributed by atoms with Gasteiger partial charge in [-0.25, -0.2) is 4.39 Å². The van der Waals surface area contributed by atoms with Crippen LogP contribution in [0.25, 0.3) is 0 Å². The summed E-state index contributed by atoms with van der Waals surface area (Å²) in [4.78, 5) is 0.730. The van der Waals surface area contributed by atoms with Crippen LogP contribution in [-0.2, 0) is 0 Å². The number of hydrogen-bond acceptors (Lipinski definition) is 2. The summed E-state index contributed by atoms with van der Waals surface area (Å²) in [5, 5.41) is 3.52. The average Bonchev–Trinajstić information content (AvgIpc) is 2.43. The molecule has 1 rings (SSSR count). The lowest BCUT2D eigenvalue weighted by atomic mass is 10.1. The maximum absolute atomic E-state index is 13.6. The van der Waals surface area contributed by atoms with Gasteiger partial charge in [0.15, 0.2) is 0 Å². The van der Waals surface area contributed by atoms with Gasteiger partial charge in [-0.15, -0.1) is 11.8 Å². The van der Waals surface area contributed by atoms with E-state index in [1.54, 1.807) is 17.8 Å². The van der Waals surface area contributed by atoms with E-state index in [0.717, 1.165) is 36.5 Å². The maximum atomic E-state index is 13.6. The lowest BCUT2D eigenvalue weighted by Crippen LogP contribution is -2.32. The highest BCUT2D eigenvalue weighted by Crippen LogP contribution is 2.23. The van der Waals surface area contributed by atoms with Crippen molar-refractivity contribution in [1.29, 1.82) is 0 Å². The number of nitrogens with one attached hydrogen (secondary N) is 1. The van der Waals surface area contributed by atoms with Crippen LogP contribution in [0.4, 0.5) is 4.39 Å². The largest absolute Gasteiger partial charge is 0.313 e. The molecule has 0 heterocycles. The van der Waals surface area contributed by atoms with Crippen molar-refractivity contribution in [3.05, 3.63) is 42.2 Å². The molecule has 0 spiro atoms. The predicted octanol–water partition coefficient (Wildman–Crippen LogP) is 4.64. The number of hydrogen-bond donors (Lipinski definition) is 1. The van der Waals surface area contributed by atoms with Gasteiger partial charge in [0.05, 0.1) is 0 Å². The molecule has 0 aliphatic rings. The molecule has 0 fully saturated rings. The molecule has 1 aromatic rings. The Kier molecular flexibility index (Phi) is 7.84. The molecular weight excluding hydrogens is 257 g/mol. The Morgan fingerprint density at radius 2 is 2.11 bits per heavy atom. The molecule has 3 heteroatoms. The molecule has 0 saturated heterocycles. The third-order valence-corrected chi connectivity index (χ3v) is 4.21. The number of rotatable bonds is 9. The summed E-state index contributed by atoms with van der Waals surface area (Å²) in [6.45, 7) is 9.35. The maximum Gasteiger partial charge on any atom is 0.136 e. The lowest BCUT2D eigenvalue weighted by Gasteiger charge is -2.19. The van der Waals surface area contributed by atoms with Gasteiger partial charge in [-0.1, -0.05) is 38.1 Å². The van der Waals surface area contributed by atoms with Crippen molar-refractivity contribution in [2.75, 3.05) is 12.3 Å². The average molecular weight is 281 g/mol. The quantitative estimate of drug-likeness (QED) is 0.522. The van der Waals surface area contributed by atoms with E-state index in [0.29, 0.717) is 6.04 Å². The van der Waals surface area contributed by atoms with Crippen LogP contribution in [0.1, 0.15) is 33.1 Å². The highest BCUT2D eigenvalue weighted by Gasteiger charge is 2.11. The Morgan fingerprint density at radius 3 is 2.74 bits per heavy atom. The smallest absolute Gasteiger partial charge is 0.136 e. The molecule has 0 saturated carbocycles. The molecular formula is C16H24FNS. The van der Waals surface area contributed by atoms with Crippen molar-refractivity contribution in [1.82, 2.24) is 5.32 Å². The first-order valence-electron chi connectivity index (χ1n) is 6.94. The summed E-state index contributed by atoms with van der Waals surface area (Å²) in [5.74, 6) is 0.746. The first-order chi connectivity index (χ1) is 9.17. The predicted molar refractivity (Wildman–Crippen MR) is 83.3 cm³/mol. The number of thioether (sulfide) groups is 1. The topological polar surface area (TPSA) is 12.0 Å². The second kappa shape index (κ2) is 9.16. The van der Waals surface area contributed by atoms with E-state index in [9.17, 15) is 4.39 Å². The monoisotopic (exact) mass is 281 g/mol. The molecule has 0 aliphatic heterocycles. The van der Waals surface area contributed by atoms with Crippen LogP contribution >= 0.6 is 11.8 Å². The minimum Gasteiger partial charge on any atom is -0.313 e. The van der Waals surface area contributed by atoms with E-state index in [-0.39, 0.29) is 5.82 Å². The van der Waals surface area contributed by atoms with Crippen LogP contribution < -0.4 is 5.32 Å². The normalized spacial score (nSPS) is 12.4. The zero-order chi connectivity index (χ0) is 14.1. The highest BCUT2D eigenvalue weighted by molar-refractivity contribution is 7.99. The van der Waals surface area contributed by atoms with E-state index < -0.39 is 0 Å². The zero-order valence-corrected chi connectivity index (χ0v) is 12.7. The fourth-order valence-corrected chi connectivity index (χ4v) is 2.78. The van der Waals surface area contributed by atoms with Crippen LogP contribution in [0.5, 0.6) is 0 Å². The van der Waals surface area contributed by atoms with Crippen molar-refractivity contribution in [3.63, 3.8) is 0 Å². The molecule has 0 radical (unpaired) electrons. The minimum absolute atomic E-state index is 0.129. The van der Waals surface area contributed by atoms with E-state index in [1.807, 2.05) is 12.1 Å². The SMILES string of the molecule is C=C(CC)CC(CSc1ccccc1F)NCCC. The third kappa shape index (κ3) is 6.26. The Balaban J connectivity index is 2.52. The van der Waals surface area contributed by atoms with Crippen molar-refractivity contribution < 1.29 is 4.39 Å². The number of benzene rings is 1. The summed E-state index contributed by atoms with van der Waals surface area (Å²) >= 11 is 1.58. The van der Waals surface area contributed by atoms with Gasteiger partial charge in [0.1, 0.15) is 5.82 Å². The highest BCUT2D eigenvalue weighted by atomic mass is 32.2. The molecule has 1 N–H and O–H groups in total. The number of halogens is 1. The van der Waals surface area contributed by atoms with Gasteiger partial charge in [-0.2, -0.15) is 0 Å². The third-order valence-electron chi connectivity index (χ3n) is 2.99. The first-order valence-corrected chi connectivity index (χ1v) is 7.93. The summed E-state index contributed by atoms with van der Waals surface area (Å²) in [7, 11) is 0. The van der Waals surface area contributed by atoms with E-state index >= 15 is 0 Å². The summed E-state index contributed by atoms with van der Waals surface area (Å²) in [5.41, 5.74) is 1.25. The second-order valence-electron chi connectivity index (χ2n) is 4.70. The van der Waals surface area contributed by atoms with E-state index in [4.69, 9.17) is 0 Å². The van der Waals surface area contributed by atoms with Crippen molar-refractivity contribution in [2.45, 2.75) is 44.0 Å². The fourth-order valence-electron chi connectivity index (χ4n) is 1.78. The molecule has 106 valence electrons. The Hall–Kier alpha value is -0.800. The van der Waals surface area contributed by atoms with Crippen molar-refractivity contribution in [3.8, 4) is 0 Å². The van der Waals surface area contributed by atoms with Gasteiger partial charge < -0.3 is 5.32 Å². The van der Waals surface area contributed by atoms with Gasteiger partial charge in [0.2, 0.25) is 0 Å². The van der Waals surface area contributed by atoms with Gasteiger partial charge >= 0.3 is 0 Å². The lowest BCUT2D eigenvalue weighted by molar-refractivity contribution is 0.543. The molecule has 1 atom stereocenters. The van der Waals surface area contributed by atoms with Gasteiger partial charge in [-0.05, 0) is 37.9 Å². The molecule has 1 nitrogen and oxygen atoms in total. The summed E-state index contributed by atoms with van der Waals surface area (Å²) in [6.07, 6.45) is 3.09. The summed E-state index contributed by atoms with van der Waals surface area (Å²) in [6, 6.07) is 7.33. The van der Waals surface area contributed by atoms with Crippen LogP contribution in [0.3, 0.4) is 0 Å². The van der Waals surface area contributed by atoms with Crippen LogP contribution in [0, 0.1) is 5.82 Å². The molecule has 0 aliphatic carbocycles. The van der Waals surface area contributed by atoms with Gasteiger partial charge in [0.25, 0.3) is 0 Å². The van der Waals surface area contributed by atoms with Crippen LogP contribution in [0.2, 0.25) is 0 Å². The van der Waals surface area contributed by atoms with Crippen LogP contribution in [-0.4, -0.2) is 18.3 Å². The zero-order valence-electron chi connectivity index (χ0n) is 11.9. The summed E-state index contributed by atoms with van der Waals surface area (Å²) < 4.78 is 13.6. The standard InChI is InChI=1S/C16H24FNS/c1-4-10-18-14(11-13(3)5-2)12-19-16-9-7-6-8-15(16)17/h6-9,14,18H,3-5,10-12H2,1-2H3. The molecule has 0 bridgehead atoms. The Morgan fingerprint density at radius 1 is 1.37 bits per heavy atom. The molecule has 1 unspecified atom stereocenters. The minimum atomic E-state index is -0.129. The van der Waals surface area contributed by atoms with Gasteiger partial charge in [-0.3, -0.25) is 0 Å². The molecule has 19 heavy (non-hydrogen) atoms. The Labute approximate surface area is 120 Å².